The Morgan fingerprint density at radius 3 is 2.26 bits per heavy atom. The van der Waals surface area contributed by atoms with E-state index < -0.39 is 0 Å². The molecule has 0 aliphatic carbocycles. The van der Waals surface area contributed by atoms with Gasteiger partial charge in [0.05, 0.1) is 0 Å². The van der Waals surface area contributed by atoms with Crippen molar-refractivity contribution in [3.05, 3.63) is 70.7 Å². The number of fused-ring (bicyclic) bond motifs is 3. The second kappa shape index (κ2) is 9.03. The summed E-state index contributed by atoms with van der Waals surface area (Å²) < 4.78 is 0. The van der Waals surface area contributed by atoms with Crippen molar-refractivity contribution in [2.45, 2.75) is 0 Å². The fourth-order valence-electron chi connectivity index (χ4n) is 2.68. The normalized spacial score (nSPS) is 10.3. The van der Waals surface area contributed by atoms with Gasteiger partial charge in [0.1, 0.15) is 0 Å². The van der Waals surface area contributed by atoms with E-state index in [1.54, 1.807) is 6.07 Å². The van der Waals surface area contributed by atoms with Crippen LogP contribution < -0.4 is 116 Å². The largest absolute Gasteiger partial charge is 1.00 e. The number of nitrogens with one attached hydrogen (secondary N) is 1. The predicted molar refractivity (Wildman–Crippen MR) is 88.9 cm³/mol. The van der Waals surface area contributed by atoms with Crippen LogP contribution in [0.15, 0.2) is 48.5 Å². The van der Waals surface area contributed by atoms with Gasteiger partial charge in [0, 0.05) is 10.0 Å². The van der Waals surface area contributed by atoms with E-state index in [1.807, 2.05) is 42.5 Å². The smallest absolute Gasteiger partial charge is 0.400 e. The van der Waals surface area contributed by atoms with Gasteiger partial charge < -0.3 is 4.98 Å². The molecule has 1 N–H and O–H groups in total. The first-order valence-electron chi connectivity index (χ1n) is 6.50. The molecular weight excluding hydrogens is 472 g/mol. The molecule has 0 atom stereocenters. The molecule has 0 radical (unpaired) electrons. The summed E-state index contributed by atoms with van der Waals surface area (Å²) in [6.07, 6.45) is 0. The van der Waals surface area contributed by atoms with Crippen LogP contribution in [-0.4, -0.2) is 4.98 Å². The van der Waals surface area contributed by atoms with Crippen molar-refractivity contribution in [3.8, 4) is 11.1 Å². The first-order chi connectivity index (χ1) is 10.2. The van der Waals surface area contributed by atoms with Gasteiger partial charge in [-0.05, 0) is 18.2 Å². The monoisotopic (exact) mass is 479 g/mol. The Morgan fingerprint density at radius 1 is 0.826 bits per heavy atom. The van der Waals surface area contributed by atoms with Crippen molar-refractivity contribution in [1.82, 2.24) is 4.98 Å². The Labute approximate surface area is 242 Å². The quantitative estimate of drug-likeness (QED) is 0.366. The van der Waals surface area contributed by atoms with Crippen molar-refractivity contribution >= 4 is 45.0 Å². The van der Waals surface area contributed by atoms with Crippen LogP contribution in [0.5, 0.6) is 0 Å². The summed E-state index contributed by atoms with van der Waals surface area (Å²) in [7, 11) is 0. The number of halogens is 2. The van der Waals surface area contributed by atoms with Crippen molar-refractivity contribution in [2.75, 3.05) is 0 Å². The molecule has 5 heteroatoms. The van der Waals surface area contributed by atoms with Gasteiger partial charge in [-0.3, -0.25) is 0 Å². The summed E-state index contributed by atoms with van der Waals surface area (Å²) in [5.41, 5.74) is 4.15. The van der Waals surface area contributed by atoms with Gasteiger partial charge in [-0.2, -0.15) is 47.2 Å². The molecule has 3 aromatic carbocycles. The molecule has 0 aliphatic rings. The van der Waals surface area contributed by atoms with Crippen LogP contribution in [0.4, 0.5) is 0 Å². The van der Waals surface area contributed by atoms with E-state index >= 15 is 0 Å². The van der Waals surface area contributed by atoms with Gasteiger partial charge in [-0.1, -0.05) is 39.8 Å². The van der Waals surface area contributed by atoms with E-state index in [0.29, 0.717) is 10.0 Å². The third kappa shape index (κ3) is 4.32. The van der Waals surface area contributed by atoms with E-state index in [9.17, 15) is 0 Å². The molecule has 0 saturated heterocycles. The average molecular weight is 481 g/mol. The third-order valence-corrected chi connectivity index (χ3v) is 4.02. The van der Waals surface area contributed by atoms with E-state index in [0.717, 1.165) is 32.9 Å². The SMILES string of the molecule is Clc1cc(Cl)cc(-c2c[c-]cc3c2[nH]c2cc[c-]cc23)c1.[Rb+].[Rb+]. The fraction of sp³-hybridized carbons (Fsp3) is 0. The van der Waals surface area contributed by atoms with Crippen LogP contribution in [0.1, 0.15) is 0 Å². The molecule has 1 nitrogen and oxygen atoms in total. The standard InChI is InChI=1S/C18H9Cl2N.2Rb/c19-12-8-11(9-13(20)10-12)14-5-3-6-16-15-4-1-2-7-17(15)21-18(14)16;;/h2,4-10,21H;;/q-2;2*+1. The molecule has 1 aromatic heterocycles. The van der Waals surface area contributed by atoms with Crippen LogP contribution in [0, 0.1) is 12.1 Å². The number of hydrogen-bond donors (Lipinski definition) is 1. The minimum atomic E-state index is 0. The predicted octanol–water partition coefficient (Wildman–Crippen LogP) is -0.0967. The number of benzene rings is 3. The second-order valence-corrected chi connectivity index (χ2v) is 5.79. The molecular formula is C18H9Cl2NRb2. The van der Waals surface area contributed by atoms with E-state index in [2.05, 4.69) is 17.1 Å². The Hall–Kier alpha value is 1.65. The zero-order valence-corrected chi connectivity index (χ0v) is 24.2. The average Bonchev–Trinajstić information content (AvgIpc) is 2.84. The second-order valence-electron chi connectivity index (χ2n) is 4.91. The topological polar surface area (TPSA) is 15.8 Å². The minimum absolute atomic E-state index is 0. The zero-order chi connectivity index (χ0) is 14.4. The molecule has 102 valence electrons. The molecule has 0 spiro atoms. The summed E-state index contributed by atoms with van der Waals surface area (Å²) in [4.78, 5) is 3.46. The summed E-state index contributed by atoms with van der Waals surface area (Å²) >= 11 is 12.2. The molecule has 4 rings (SSSR count). The third-order valence-electron chi connectivity index (χ3n) is 3.58. The molecule has 0 bridgehead atoms. The van der Waals surface area contributed by atoms with Crippen LogP contribution in [0.25, 0.3) is 32.9 Å². The van der Waals surface area contributed by atoms with Gasteiger partial charge in [0.2, 0.25) is 0 Å². The van der Waals surface area contributed by atoms with E-state index in [-0.39, 0.29) is 116 Å². The van der Waals surface area contributed by atoms with Gasteiger partial charge in [-0.25, -0.2) is 0 Å². The van der Waals surface area contributed by atoms with Crippen molar-refractivity contribution in [2.24, 2.45) is 0 Å². The molecule has 0 unspecified atom stereocenters. The Bertz CT molecular complexity index is 959. The maximum atomic E-state index is 6.12. The van der Waals surface area contributed by atoms with Gasteiger partial charge in [-0.15, -0.1) is 11.6 Å². The van der Waals surface area contributed by atoms with Crippen LogP contribution in [0.3, 0.4) is 0 Å². The van der Waals surface area contributed by atoms with Gasteiger partial charge in [0.15, 0.2) is 0 Å². The molecule has 0 fully saturated rings. The fourth-order valence-corrected chi connectivity index (χ4v) is 3.20. The summed E-state index contributed by atoms with van der Waals surface area (Å²) in [5.74, 6) is 0. The Balaban J connectivity index is 0.000000960. The van der Waals surface area contributed by atoms with Crippen molar-refractivity contribution < 1.29 is 116 Å². The van der Waals surface area contributed by atoms with Crippen LogP contribution in [0.2, 0.25) is 10.0 Å². The van der Waals surface area contributed by atoms with Crippen LogP contribution in [-0.2, 0) is 0 Å². The number of H-pyrrole nitrogens is 1. The maximum Gasteiger partial charge on any atom is 1.00 e. The molecule has 0 aliphatic heterocycles. The van der Waals surface area contributed by atoms with Gasteiger partial charge in [0.25, 0.3) is 0 Å². The van der Waals surface area contributed by atoms with Gasteiger partial charge >= 0.3 is 116 Å². The zero-order valence-electron chi connectivity index (χ0n) is 12.9. The molecule has 4 aromatic rings. The van der Waals surface area contributed by atoms with Crippen LogP contribution >= 0.6 is 23.2 Å². The summed E-state index contributed by atoms with van der Waals surface area (Å²) in [6, 6.07) is 21.7. The molecule has 0 saturated carbocycles. The number of aromatic nitrogens is 1. The summed E-state index contributed by atoms with van der Waals surface area (Å²) in [5, 5.41) is 3.51. The first kappa shape index (κ1) is 21.0. The summed E-state index contributed by atoms with van der Waals surface area (Å²) in [6.45, 7) is 0. The van der Waals surface area contributed by atoms with E-state index in [1.165, 1.54) is 0 Å². The van der Waals surface area contributed by atoms with Crippen molar-refractivity contribution in [3.63, 3.8) is 0 Å². The molecule has 1 heterocycles. The van der Waals surface area contributed by atoms with E-state index in [4.69, 9.17) is 23.2 Å². The Kier molecular flexibility index (Phi) is 8.23. The number of hydrogen-bond acceptors (Lipinski definition) is 0. The maximum absolute atomic E-state index is 6.12. The molecule has 23 heavy (non-hydrogen) atoms. The minimum Gasteiger partial charge on any atom is -0.400 e. The van der Waals surface area contributed by atoms with Crippen molar-refractivity contribution in [1.29, 1.82) is 0 Å². The number of aromatic amines is 1. The number of rotatable bonds is 1. The Morgan fingerprint density at radius 2 is 1.52 bits per heavy atom. The first-order valence-corrected chi connectivity index (χ1v) is 7.26. The molecule has 0 amide bonds.